The Labute approximate surface area is 196 Å². The number of para-hydroxylation sites is 1. The number of hydrogen-bond acceptors (Lipinski definition) is 5. The van der Waals surface area contributed by atoms with Gasteiger partial charge in [0.1, 0.15) is 12.4 Å². The Morgan fingerprint density at radius 2 is 1.87 bits per heavy atom. The van der Waals surface area contributed by atoms with Gasteiger partial charge in [0, 0.05) is 10.6 Å². The van der Waals surface area contributed by atoms with Crippen LogP contribution < -0.4 is 19.6 Å². The van der Waals surface area contributed by atoms with E-state index in [1.54, 1.807) is 13.3 Å². The van der Waals surface area contributed by atoms with E-state index in [-0.39, 0.29) is 0 Å². The number of nitrogens with one attached hydrogen (secondary N) is 1. The lowest BCUT2D eigenvalue weighted by molar-refractivity contribution is 0.267. The van der Waals surface area contributed by atoms with Gasteiger partial charge in [-0.3, -0.25) is 0 Å². The number of methoxy groups -OCH3 is 1. The fraction of sp³-hybridized carbons (Fsp3) is 0.208. The van der Waals surface area contributed by atoms with E-state index in [1.165, 1.54) is 0 Å². The lowest BCUT2D eigenvalue weighted by atomic mass is 10.2. The molecular weight excluding hydrogens is 480 g/mol. The maximum absolute atomic E-state index is 6.06. The third-order valence-corrected chi connectivity index (χ3v) is 5.19. The van der Waals surface area contributed by atoms with Gasteiger partial charge in [-0.2, -0.15) is 5.10 Å². The highest BCUT2D eigenvalue weighted by atomic mass is 79.9. The van der Waals surface area contributed by atoms with Gasteiger partial charge in [-0.25, -0.2) is 0 Å². The van der Waals surface area contributed by atoms with Gasteiger partial charge < -0.3 is 19.6 Å². The molecule has 0 aromatic heterocycles. The maximum Gasteiger partial charge on any atom is 0.175 e. The zero-order valence-electron chi connectivity index (χ0n) is 17.4. The molecule has 0 atom stereocenters. The molecule has 0 fully saturated rings. The number of hydrogen-bond donors (Lipinski definition) is 1. The van der Waals surface area contributed by atoms with Gasteiger partial charge in [0.15, 0.2) is 11.5 Å². The molecule has 7 heteroatoms. The molecule has 0 amide bonds. The molecule has 3 aromatic carbocycles. The van der Waals surface area contributed by atoms with Crippen LogP contribution in [0.5, 0.6) is 17.2 Å². The number of benzene rings is 3. The lowest BCUT2D eigenvalue weighted by Gasteiger charge is -2.15. The second-order valence-corrected chi connectivity index (χ2v) is 7.88. The van der Waals surface area contributed by atoms with Crippen molar-refractivity contribution in [1.29, 1.82) is 0 Å². The Morgan fingerprint density at radius 1 is 1.03 bits per heavy atom. The van der Waals surface area contributed by atoms with Crippen molar-refractivity contribution in [2.24, 2.45) is 5.10 Å². The molecule has 5 nitrogen and oxygen atoms in total. The molecule has 0 saturated carbocycles. The van der Waals surface area contributed by atoms with E-state index < -0.39 is 0 Å². The summed E-state index contributed by atoms with van der Waals surface area (Å²) in [5, 5.41) is 5.00. The van der Waals surface area contributed by atoms with Crippen LogP contribution in [0.2, 0.25) is 5.02 Å². The molecule has 0 saturated heterocycles. The smallest absolute Gasteiger partial charge is 0.175 e. The summed E-state index contributed by atoms with van der Waals surface area (Å²) in [7, 11) is 1.66. The van der Waals surface area contributed by atoms with Gasteiger partial charge in [0.25, 0.3) is 0 Å². The fourth-order valence-electron chi connectivity index (χ4n) is 2.95. The van der Waals surface area contributed by atoms with Gasteiger partial charge in [0.05, 0.1) is 30.9 Å². The molecule has 0 spiro atoms. The van der Waals surface area contributed by atoms with E-state index in [1.807, 2.05) is 67.6 Å². The summed E-state index contributed by atoms with van der Waals surface area (Å²) in [4.78, 5) is 0. The third kappa shape index (κ3) is 6.64. The first-order valence-electron chi connectivity index (χ1n) is 9.82. The molecule has 0 radical (unpaired) electrons. The van der Waals surface area contributed by atoms with Crippen molar-refractivity contribution in [2.75, 3.05) is 13.7 Å². The maximum atomic E-state index is 6.06. The molecule has 31 heavy (non-hydrogen) atoms. The molecule has 0 heterocycles. The van der Waals surface area contributed by atoms with Crippen LogP contribution in [0.25, 0.3) is 0 Å². The number of hydrazone groups is 1. The first-order valence-corrected chi connectivity index (χ1v) is 11.0. The molecule has 0 aliphatic rings. The minimum atomic E-state index is 0.382. The zero-order chi connectivity index (χ0) is 22.1. The Kier molecular flexibility index (Phi) is 8.62. The SMILES string of the molecule is CCOc1cc(/C=N\NCc2ccccc2OC)cc(Br)c1OCc1cccc(Cl)c1. The normalized spacial score (nSPS) is 10.8. The monoisotopic (exact) mass is 502 g/mol. The van der Waals surface area contributed by atoms with Crippen molar-refractivity contribution in [3.63, 3.8) is 0 Å². The van der Waals surface area contributed by atoms with Crippen LogP contribution in [-0.4, -0.2) is 19.9 Å². The number of nitrogens with zero attached hydrogens (tertiary/aromatic N) is 1. The Morgan fingerprint density at radius 3 is 2.65 bits per heavy atom. The number of rotatable bonds is 10. The van der Waals surface area contributed by atoms with Gasteiger partial charge >= 0.3 is 0 Å². The molecule has 3 aromatic rings. The van der Waals surface area contributed by atoms with E-state index in [0.29, 0.717) is 36.3 Å². The summed E-state index contributed by atoms with van der Waals surface area (Å²) >= 11 is 9.65. The number of halogens is 2. The van der Waals surface area contributed by atoms with Crippen molar-refractivity contribution in [3.05, 3.63) is 86.8 Å². The summed E-state index contributed by atoms with van der Waals surface area (Å²) in [6.45, 7) is 3.39. The van der Waals surface area contributed by atoms with Crippen LogP contribution in [0.4, 0.5) is 0 Å². The summed E-state index contributed by atoms with van der Waals surface area (Å²) in [5.41, 5.74) is 5.94. The second kappa shape index (κ2) is 11.6. The van der Waals surface area contributed by atoms with E-state index in [4.69, 9.17) is 25.8 Å². The molecule has 0 aliphatic heterocycles. The second-order valence-electron chi connectivity index (χ2n) is 6.59. The summed E-state index contributed by atoms with van der Waals surface area (Å²) < 4.78 is 18.0. The Bertz CT molecular complexity index is 1040. The lowest BCUT2D eigenvalue weighted by Crippen LogP contribution is -2.07. The van der Waals surface area contributed by atoms with Crippen LogP contribution >= 0.6 is 27.5 Å². The van der Waals surface area contributed by atoms with E-state index in [2.05, 4.69) is 26.5 Å². The van der Waals surface area contributed by atoms with Crippen molar-refractivity contribution in [1.82, 2.24) is 5.43 Å². The highest BCUT2D eigenvalue weighted by Crippen LogP contribution is 2.37. The van der Waals surface area contributed by atoms with Crippen molar-refractivity contribution in [2.45, 2.75) is 20.1 Å². The Balaban J connectivity index is 1.69. The highest BCUT2D eigenvalue weighted by Gasteiger charge is 2.12. The van der Waals surface area contributed by atoms with Gasteiger partial charge in [-0.15, -0.1) is 0 Å². The summed E-state index contributed by atoms with van der Waals surface area (Å²) in [6, 6.07) is 19.2. The standard InChI is InChI=1S/C24H24BrClN2O3/c1-3-30-23-13-18(14-27-28-15-19-8-4-5-10-22(19)29-2)12-21(25)24(23)31-16-17-7-6-9-20(26)11-17/h4-14,28H,3,15-16H2,1-2H3/b27-14-. The van der Waals surface area contributed by atoms with Crippen molar-refractivity contribution in [3.8, 4) is 17.2 Å². The Hall–Kier alpha value is -2.70. The first kappa shape index (κ1) is 23.0. The minimum absolute atomic E-state index is 0.382. The molecule has 1 N–H and O–H groups in total. The first-order chi connectivity index (χ1) is 15.1. The van der Waals surface area contributed by atoms with Crippen LogP contribution in [0.3, 0.4) is 0 Å². The van der Waals surface area contributed by atoms with E-state index in [0.717, 1.165) is 26.9 Å². The van der Waals surface area contributed by atoms with Gasteiger partial charge in [-0.1, -0.05) is 41.9 Å². The molecule has 0 aliphatic carbocycles. The predicted octanol–water partition coefficient (Wildman–Crippen LogP) is 6.21. The van der Waals surface area contributed by atoms with Crippen molar-refractivity contribution >= 4 is 33.7 Å². The molecule has 162 valence electrons. The van der Waals surface area contributed by atoms with Crippen molar-refractivity contribution < 1.29 is 14.2 Å². The van der Waals surface area contributed by atoms with Gasteiger partial charge in [0.2, 0.25) is 0 Å². The largest absolute Gasteiger partial charge is 0.496 e. The number of ether oxygens (including phenoxy) is 3. The van der Waals surface area contributed by atoms with Crippen LogP contribution in [0.15, 0.2) is 70.2 Å². The van der Waals surface area contributed by atoms with Crippen LogP contribution in [0.1, 0.15) is 23.6 Å². The van der Waals surface area contributed by atoms with E-state index >= 15 is 0 Å². The average molecular weight is 504 g/mol. The average Bonchev–Trinajstić information content (AvgIpc) is 2.76. The van der Waals surface area contributed by atoms with Crippen LogP contribution in [0, 0.1) is 0 Å². The van der Waals surface area contributed by atoms with E-state index in [9.17, 15) is 0 Å². The summed E-state index contributed by atoms with van der Waals surface area (Å²) in [5.74, 6) is 2.11. The predicted molar refractivity (Wildman–Crippen MR) is 129 cm³/mol. The minimum Gasteiger partial charge on any atom is -0.496 e. The summed E-state index contributed by atoms with van der Waals surface area (Å²) in [6.07, 6.45) is 1.74. The topological polar surface area (TPSA) is 52.1 Å². The quantitative estimate of drug-likeness (QED) is 0.264. The van der Waals surface area contributed by atoms with Gasteiger partial charge in [-0.05, 0) is 64.3 Å². The molecule has 0 bridgehead atoms. The fourth-order valence-corrected chi connectivity index (χ4v) is 3.73. The molecule has 0 unspecified atom stereocenters. The van der Waals surface area contributed by atoms with Crippen LogP contribution in [-0.2, 0) is 13.2 Å². The molecular formula is C24H24BrClN2O3. The highest BCUT2D eigenvalue weighted by molar-refractivity contribution is 9.10. The molecule has 3 rings (SSSR count). The third-order valence-electron chi connectivity index (χ3n) is 4.37. The zero-order valence-corrected chi connectivity index (χ0v) is 19.7.